The number of nitrogens with one attached hydrogen (secondary N) is 1. The second-order valence-corrected chi connectivity index (χ2v) is 4.41. The first-order valence-corrected chi connectivity index (χ1v) is 6.09. The maximum atomic E-state index is 11.0. The summed E-state index contributed by atoms with van der Waals surface area (Å²) in [5.74, 6) is -1.02. The minimum atomic E-state index is -1.02. The highest BCUT2D eigenvalue weighted by Gasteiger charge is 2.13. The second-order valence-electron chi connectivity index (χ2n) is 3.63. The van der Waals surface area contributed by atoms with E-state index in [9.17, 15) is 4.79 Å². The number of rotatable bonds is 4. The minimum absolute atomic E-state index is 0.0505. The number of carboxylic acids is 1. The topological polar surface area (TPSA) is 62.2 Å². The molecule has 17 heavy (non-hydrogen) atoms. The van der Waals surface area contributed by atoms with Gasteiger partial charge in [0.2, 0.25) is 0 Å². The number of thiophene rings is 1. The van der Waals surface area contributed by atoms with Crippen molar-refractivity contribution in [2.45, 2.75) is 13.0 Å². The number of carbonyl (C=O) groups is 1. The molecule has 0 saturated heterocycles. The smallest absolute Gasteiger partial charge is 0.356 e. The summed E-state index contributed by atoms with van der Waals surface area (Å²) in [7, 11) is 0. The van der Waals surface area contributed by atoms with E-state index in [0.29, 0.717) is 5.69 Å². The first kappa shape index (κ1) is 11.6. The van der Waals surface area contributed by atoms with Crippen LogP contribution in [-0.2, 0) is 0 Å². The Labute approximate surface area is 103 Å². The molecule has 88 valence electrons. The SMILES string of the molecule is CC(Nc1cccnc1C(=O)O)c1ccsc1. The van der Waals surface area contributed by atoms with Crippen molar-refractivity contribution in [3.63, 3.8) is 0 Å². The molecule has 0 aliphatic rings. The Balaban J connectivity index is 2.21. The highest BCUT2D eigenvalue weighted by atomic mass is 32.1. The fourth-order valence-corrected chi connectivity index (χ4v) is 2.28. The van der Waals surface area contributed by atoms with E-state index in [2.05, 4.69) is 10.3 Å². The Morgan fingerprint density at radius 2 is 2.35 bits per heavy atom. The predicted molar refractivity (Wildman–Crippen MR) is 67.6 cm³/mol. The van der Waals surface area contributed by atoms with Crippen molar-refractivity contribution in [1.82, 2.24) is 4.98 Å². The minimum Gasteiger partial charge on any atom is -0.476 e. The van der Waals surface area contributed by atoms with Crippen LogP contribution in [0.1, 0.15) is 29.0 Å². The zero-order valence-electron chi connectivity index (χ0n) is 9.25. The Bertz CT molecular complexity index is 511. The third-order valence-corrected chi connectivity index (χ3v) is 3.13. The molecule has 0 bridgehead atoms. The molecule has 2 rings (SSSR count). The van der Waals surface area contributed by atoms with Gasteiger partial charge in [0.1, 0.15) is 0 Å². The summed E-state index contributed by atoms with van der Waals surface area (Å²) in [5, 5.41) is 16.2. The molecular weight excluding hydrogens is 236 g/mol. The number of anilines is 1. The summed E-state index contributed by atoms with van der Waals surface area (Å²) in [4.78, 5) is 14.8. The van der Waals surface area contributed by atoms with Gasteiger partial charge in [0, 0.05) is 12.2 Å². The molecule has 1 unspecified atom stereocenters. The van der Waals surface area contributed by atoms with Crippen molar-refractivity contribution in [3.05, 3.63) is 46.4 Å². The maximum Gasteiger partial charge on any atom is 0.356 e. The molecule has 0 fully saturated rings. The molecule has 0 aromatic carbocycles. The standard InChI is InChI=1S/C12H12N2O2S/c1-8(9-4-6-17-7-9)14-10-3-2-5-13-11(10)12(15)16/h2-8,14H,1H3,(H,15,16). The number of hydrogen-bond acceptors (Lipinski definition) is 4. The average molecular weight is 248 g/mol. The van der Waals surface area contributed by atoms with Crippen LogP contribution in [0.5, 0.6) is 0 Å². The van der Waals surface area contributed by atoms with Gasteiger partial charge in [-0.05, 0) is 41.4 Å². The molecule has 2 aromatic heterocycles. The van der Waals surface area contributed by atoms with Crippen LogP contribution in [-0.4, -0.2) is 16.1 Å². The van der Waals surface area contributed by atoms with Crippen molar-refractivity contribution in [2.24, 2.45) is 0 Å². The van der Waals surface area contributed by atoms with Gasteiger partial charge in [0.15, 0.2) is 5.69 Å². The van der Waals surface area contributed by atoms with Gasteiger partial charge in [-0.15, -0.1) is 0 Å². The molecule has 0 radical (unpaired) electrons. The number of carboxylic acid groups (broad SMARTS) is 1. The van der Waals surface area contributed by atoms with Gasteiger partial charge in [-0.25, -0.2) is 9.78 Å². The van der Waals surface area contributed by atoms with Crippen LogP contribution < -0.4 is 5.32 Å². The molecule has 1 atom stereocenters. The normalized spacial score (nSPS) is 12.1. The maximum absolute atomic E-state index is 11.0. The van der Waals surface area contributed by atoms with Crippen molar-refractivity contribution >= 4 is 23.0 Å². The zero-order valence-corrected chi connectivity index (χ0v) is 10.1. The van der Waals surface area contributed by atoms with E-state index in [1.54, 1.807) is 23.5 Å². The quantitative estimate of drug-likeness (QED) is 0.873. The third-order valence-electron chi connectivity index (χ3n) is 2.43. The summed E-state index contributed by atoms with van der Waals surface area (Å²) >= 11 is 1.62. The molecule has 0 saturated carbocycles. The summed E-state index contributed by atoms with van der Waals surface area (Å²) in [6, 6.07) is 5.51. The first-order chi connectivity index (χ1) is 8.18. The van der Waals surface area contributed by atoms with Gasteiger partial charge in [0.05, 0.1) is 5.69 Å². The van der Waals surface area contributed by atoms with Crippen molar-refractivity contribution in [1.29, 1.82) is 0 Å². The first-order valence-electron chi connectivity index (χ1n) is 5.15. The monoisotopic (exact) mass is 248 g/mol. The lowest BCUT2D eigenvalue weighted by atomic mass is 10.1. The lowest BCUT2D eigenvalue weighted by Crippen LogP contribution is -2.11. The molecule has 0 aliphatic heterocycles. The molecule has 2 aromatic rings. The molecule has 5 heteroatoms. The Kier molecular flexibility index (Phi) is 3.39. The molecule has 2 heterocycles. The second kappa shape index (κ2) is 4.97. The predicted octanol–water partition coefficient (Wildman–Crippen LogP) is 3.01. The number of pyridine rings is 1. The Morgan fingerprint density at radius 1 is 1.53 bits per heavy atom. The number of hydrogen-bond donors (Lipinski definition) is 2. The van der Waals surface area contributed by atoms with Gasteiger partial charge >= 0.3 is 5.97 Å². The Morgan fingerprint density at radius 3 is 3.00 bits per heavy atom. The highest BCUT2D eigenvalue weighted by molar-refractivity contribution is 7.07. The van der Waals surface area contributed by atoms with E-state index >= 15 is 0 Å². The summed E-state index contributed by atoms with van der Waals surface area (Å²) in [6.45, 7) is 1.99. The highest BCUT2D eigenvalue weighted by Crippen LogP contribution is 2.22. The van der Waals surface area contributed by atoms with Gasteiger partial charge in [-0.3, -0.25) is 0 Å². The van der Waals surface area contributed by atoms with Crippen LogP contribution in [0.2, 0.25) is 0 Å². The van der Waals surface area contributed by atoms with Crippen LogP contribution in [0.15, 0.2) is 35.2 Å². The summed E-state index contributed by atoms with van der Waals surface area (Å²) in [5.41, 5.74) is 1.73. The fourth-order valence-electron chi connectivity index (χ4n) is 1.53. The van der Waals surface area contributed by atoms with Crippen molar-refractivity contribution in [3.8, 4) is 0 Å². The van der Waals surface area contributed by atoms with Gasteiger partial charge in [-0.1, -0.05) is 0 Å². The molecule has 0 spiro atoms. The number of nitrogens with zero attached hydrogens (tertiary/aromatic N) is 1. The largest absolute Gasteiger partial charge is 0.476 e. The lowest BCUT2D eigenvalue weighted by Gasteiger charge is -2.15. The van der Waals surface area contributed by atoms with E-state index in [1.807, 2.05) is 23.8 Å². The average Bonchev–Trinajstić information content (AvgIpc) is 2.83. The molecule has 4 nitrogen and oxygen atoms in total. The van der Waals surface area contributed by atoms with Crippen LogP contribution >= 0.6 is 11.3 Å². The van der Waals surface area contributed by atoms with Crippen molar-refractivity contribution in [2.75, 3.05) is 5.32 Å². The van der Waals surface area contributed by atoms with E-state index in [4.69, 9.17) is 5.11 Å². The summed E-state index contributed by atoms with van der Waals surface area (Å²) < 4.78 is 0. The molecule has 2 N–H and O–H groups in total. The fraction of sp³-hybridized carbons (Fsp3) is 0.167. The van der Waals surface area contributed by atoms with Crippen LogP contribution in [0, 0.1) is 0 Å². The molecule has 0 amide bonds. The van der Waals surface area contributed by atoms with E-state index in [0.717, 1.165) is 5.56 Å². The van der Waals surface area contributed by atoms with E-state index in [1.165, 1.54) is 6.20 Å². The number of aromatic carboxylic acids is 1. The van der Waals surface area contributed by atoms with Crippen LogP contribution in [0.3, 0.4) is 0 Å². The lowest BCUT2D eigenvalue weighted by molar-refractivity contribution is 0.0691. The number of aromatic nitrogens is 1. The van der Waals surface area contributed by atoms with Gasteiger partial charge in [0.25, 0.3) is 0 Å². The van der Waals surface area contributed by atoms with E-state index in [-0.39, 0.29) is 11.7 Å². The van der Waals surface area contributed by atoms with E-state index < -0.39 is 5.97 Å². The van der Waals surface area contributed by atoms with Gasteiger partial charge < -0.3 is 10.4 Å². The zero-order chi connectivity index (χ0) is 12.3. The summed E-state index contributed by atoms with van der Waals surface area (Å²) in [6.07, 6.45) is 1.48. The third kappa shape index (κ3) is 2.62. The van der Waals surface area contributed by atoms with Gasteiger partial charge in [-0.2, -0.15) is 11.3 Å². The van der Waals surface area contributed by atoms with Crippen LogP contribution in [0.25, 0.3) is 0 Å². The van der Waals surface area contributed by atoms with Crippen LogP contribution in [0.4, 0.5) is 5.69 Å². The molecular formula is C12H12N2O2S. The Hall–Kier alpha value is -1.88. The van der Waals surface area contributed by atoms with Crippen molar-refractivity contribution < 1.29 is 9.90 Å². The molecule has 0 aliphatic carbocycles.